The highest BCUT2D eigenvalue weighted by Crippen LogP contribution is 2.23. The van der Waals surface area contributed by atoms with Crippen molar-refractivity contribution in [3.05, 3.63) is 23.0 Å². The summed E-state index contributed by atoms with van der Waals surface area (Å²) >= 11 is 0. The van der Waals surface area contributed by atoms with Crippen molar-refractivity contribution in [2.45, 2.75) is 52.5 Å². The highest BCUT2D eigenvalue weighted by Gasteiger charge is 2.10. The maximum Gasteiger partial charge on any atom is 0.191 e. The average molecular weight is 362 g/mol. The van der Waals surface area contributed by atoms with E-state index in [0.29, 0.717) is 6.54 Å². The van der Waals surface area contributed by atoms with Crippen molar-refractivity contribution in [2.24, 2.45) is 4.99 Å². The van der Waals surface area contributed by atoms with Crippen LogP contribution in [0.1, 0.15) is 48.9 Å². The predicted molar refractivity (Wildman–Crippen MR) is 108 cm³/mol. The van der Waals surface area contributed by atoms with E-state index < -0.39 is 0 Å². The molecular formula is C20H35N5O. The van der Waals surface area contributed by atoms with Crippen LogP contribution in [0.15, 0.2) is 11.2 Å². The molecule has 0 aliphatic carbocycles. The highest BCUT2D eigenvalue weighted by molar-refractivity contribution is 5.79. The molecule has 26 heavy (non-hydrogen) atoms. The fourth-order valence-electron chi connectivity index (χ4n) is 3.51. The number of hydrogen-bond donors (Lipinski definition) is 2. The Hall–Kier alpha value is -1.82. The molecule has 0 aromatic carbocycles. The van der Waals surface area contributed by atoms with Crippen LogP contribution in [0.3, 0.4) is 0 Å². The number of aryl methyl sites for hydroxylation is 1. The molecule has 0 spiro atoms. The Morgan fingerprint density at radius 3 is 2.58 bits per heavy atom. The van der Waals surface area contributed by atoms with Gasteiger partial charge in [0.1, 0.15) is 5.75 Å². The minimum atomic E-state index is 0.633. The van der Waals surface area contributed by atoms with E-state index in [-0.39, 0.29) is 0 Å². The van der Waals surface area contributed by atoms with E-state index >= 15 is 0 Å². The molecule has 1 aromatic rings. The van der Waals surface area contributed by atoms with E-state index in [2.05, 4.69) is 25.5 Å². The molecule has 2 heterocycles. The van der Waals surface area contributed by atoms with Crippen molar-refractivity contribution in [1.29, 1.82) is 0 Å². The summed E-state index contributed by atoms with van der Waals surface area (Å²) in [5.41, 5.74) is 3.13. The Morgan fingerprint density at radius 2 is 1.92 bits per heavy atom. The molecule has 1 saturated heterocycles. The molecule has 1 aliphatic rings. The van der Waals surface area contributed by atoms with Gasteiger partial charge in [0, 0.05) is 30.9 Å². The zero-order valence-electron chi connectivity index (χ0n) is 16.9. The van der Waals surface area contributed by atoms with Crippen molar-refractivity contribution in [3.8, 4) is 5.75 Å². The van der Waals surface area contributed by atoms with Gasteiger partial charge in [-0.05, 0) is 52.7 Å². The number of guanidine groups is 1. The van der Waals surface area contributed by atoms with Gasteiger partial charge in [-0.3, -0.25) is 9.98 Å². The zero-order chi connectivity index (χ0) is 18.8. The molecule has 0 radical (unpaired) electrons. The smallest absolute Gasteiger partial charge is 0.191 e. The van der Waals surface area contributed by atoms with Gasteiger partial charge in [-0.25, -0.2) is 0 Å². The van der Waals surface area contributed by atoms with Gasteiger partial charge in [0.05, 0.1) is 19.3 Å². The number of pyridine rings is 1. The van der Waals surface area contributed by atoms with Crippen molar-refractivity contribution in [2.75, 3.05) is 40.3 Å². The highest BCUT2D eigenvalue weighted by atomic mass is 16.5. The number of hydrogen-bond acceptors (Lipinski definition) is 4. The topological polar surface area (TPSA) is 61.8 Å². The van der Waals surface area contributed by atoms with Crippen molar-refractivity contribution < 1.29 is 4.74 Å². The predicted octanol–water partition coefficient (Wildman–Crippen LogP) is 2.64. The van der Waals surface area contributed by atoms with Gasteiger partial charge < -0.3 is 20.3 Å². The molecule has 1 aromatic heterocycles. The second-order valence-electron chi connectivity index (χ2n) is 7.01. The van der Waals surface area contributed by atoms with Crippen molar-refractivity contribution >= 4 is 5.96 Å². The minimum Gasteiger partial charge on any atom is -0.496 e. The van der Waals surface area contributed by atoms with Crippen LogP contribution in [-0.2, 0) is 6.54 Å². The first kappa shape index (κ1) is 20.5. The monoisotopic (exact) mass is 361 g/mol. The van der Waals surface area contributed by atoms with E-state index in [0.717, 1.165) is 41.5 Å². The standard InChI is InChI=1S/C20H35N5O/c1-16-14-23-18(17(2)19(16)26-4)15-24-20(21-3)22-10-9-13-25-11-7-5-6-8-12-25/h14H,5-13,15H2,1-4H3,(H2,21,22,24). The van der Waals surface area contributed by atoms with Crippen LogP contribution in [-0.4, -0.2) is 56.2 Å². The first-order valence-electron chi connectivity index (χ1n) is 9.81. The lowest BCUT2D eigenvalue weighted by atomic mass is 10.1. The Morgan fingerprint density at radius 1 is 1.19 bits per heavy atom. The van der Waals surface area contributed by atoms with Crippen LogP contribution in [0.25, 0.3) is 0 Å². The summed E-state index contributed by atoms with van der Waals surface area (Å²) in [4.78, 5) is 11.4. The molecule has 6 heteroatoms. The second kappa shape index (κ2) is 11.0. The van der Waals surface area contributed by atoms with Crippen molar-refractivity contribution in [1.82, 2.24) is 20.5 Å². The van der Waals surface area contributed by atoms with Gasteiger partial charge in [0.2, 0.25) is 0 Å². The normalized spacial score (nSPS) is 16.2. The fraction of sp³-hybridized carbons (Fsp3) is 0.700. The van der Waals surface area contributed by atoms with Crippen LogP contribution in [0.4, 0.5) is 0 Å². The molecule has 146 valence electrons. The minimum absolute atomic E-state index is 0.633. The third-order valence-corrected chi connectivity index (χ3v) is 5.04. The molecule has 1 aliphatic heterocycles. The number of rotatable bonds is 7. The maximum absolute atomic E-state index is 5.48. The van der Waals surface area contributed by atoms with Crippen LogP contribution in [0, 0.1) is 13.8 Å². The summed E-state index contributed by atoms with van der Waals surface area (Å²) in [6, 6.07) is 0. The second-order valence-corrected chi connectivity index (χ2v) is 7.01. The fourth-order valence-corrected chi connectivity index (χ4v) is 3.51. The lowest BCUT2D eigenvalue weighted by molar-refractivity contribution is 0.282. The molecule has 0 saturated carbocycles. The summed E-state index contributed by atoms with van der Waals surface area (Å²) in [6.07, 6.45) is 8.48. The summed E-state index contributed by atoms with van der Waals surface area (Å²) in [5, 5.41) is 6.76. The average Bonchev–Trinajstić information content (AvgIpc) is 2.92. The quantitative estimate of drug-likeness (QED) is 0.444. The number of aromatic nitrogens is 1. The summed E-state index contributed by atoms with van der Waals surface area (Å²) in [5.74, 6) is 1.74. The van der Waals surface area contributed by atoms with E-state index in [9.17, 15) is 0 Å². The number of aliphatic imine (C=N–C) groups is 1. The molecule has 1 fully saturated rings. The van der Waals surface area contributed by atoms with Gasteiger partial charge >= 0.3 is 0 Å². The van der Waals surface area contributed by atoms with Crippen LogP contribution in [0.5, 0.6) is 5.75 Å². The summed E-state index contributed by atoms with van der Waals surface area (Å²) in [6.45, 7) is 9.31. The Balaban J connectivity index is 1.74. The summed E-state index contributed by atoms with van der Waals surface area (Å²) in [7, 11) is 3.51. The Kier molecular flexibility index (Phi) is 8.68. The number of ether oxygens (including phenoxy) is 1. The zero-order valence-corrected chi connectivity index (χ0v) is 16.9. The largest absolute Gasteiger partial charge is 0.496 e. The Labute approximate surface area is 158 Å². The molecule has 0 atom stereocenters. The van der Waals surface area contributed by atoms with Crippen molar-refractivity contribution in [3.63, 3.8) is 0 Å². The maximum atomic E-state index is 5.48. The van der Waals surface area contributed by atoms with E-state index in [1.807, 2.05) is 20.0 Å². The van der Waals surface area contributed by atoms with Crippen LogP contribution in [0.2, 0.25) is 0 Å². The molecule has 2 rings (SSSR count). The molecule has 6 nitrogen and oxygen atoms in total. The SMILES string of the molecule is CN=C(NCCCN1CCCCCC1)NCc1ncc(C)c(OC)c1C. The molecule has 0 amide bonds. The summed E-state index contributed by atoms with van der Waals surface area (Å²) < 4.78 is 5.48. The third-order valence-electron chi connectivity index (χ3n) is 5.04. The van der Waals surface area contributed by atoms with Gasteiger partial charge in [-0.15, -0.1) is 0 Å². The third kappa shape index (κ3) is 6.16. The van der Waals surface area contributed by atoms with Crippen LogP contribution >= 0.6 is 0 Å². The number of methoxy groups -OCH3 is 1. The molecule has 0 unspecified atom stereocenters. The van der Waals surface area contributed by atoms with E-state index in [1.54, 1.807) is 14.2 Å². The van der Waals surface area contributed by atoms with Gasteiger partial charge in [-0.2, -0.15) is 0 Å². The molecule has 0 bridgehead atoms. The molecule has 2 N–H and O–H groups in total. The molecular weight excluding hydrogens is 326 g/mol. The first-order valence-corrected chi connectivity index (χ1v) is 9.81. The number of nitrogens with zero attached hydrogens (tertiary/aromatic N) is 3. The lowest BCUT2D eigenvalue weighted by Crippen LogP contribution is -2.38. The van der Waals surface area contributed by atoms with Gasteiger partial charge in [0.15, 0.2) is 5.96 Å². The van der Waals surface area contributed by atoms with Gasteiger partial charge in [0.25, 0.3) is 0 Å². The van der Waals surface area contributed by atoms with Gasteiger partial charge in [-0.1, -0.05) is 12.8 Å². The van der Waals surface area contributed by atoms with E-state index in [1.165, 1.54) is 45.3 Å². The Bertz CT molecular complexity index is 580. The number of likely N-dealkylation sites (tertiary alicyclic amines) is 1. The first-order chi connectivity index (χ1) is 12.7. The lowest BCUT2D eigenvalue weighted by Gasteiger charge is -2.20. The van der Waals surface area contributed by atoms with E-state index in [4.69, 9.17) is 4.74 Å². The van der Waals surface area contributed by atoms with Crippen LogP contribution < -0.4 is 15.4 Å². The number of nitrogens with one attached hydrogen (secondary N) is 2.